The summed E-state index contributed by atoms with van der Waals surface area (Å²) in [7, 11) is 0. The molecule has 0 spiro atoms. The van der Waals surface area contributed by atoms with Gasteiger partial charge in [0.2, 0.25) is 29.5 Å². The lowest BCUT2D eigenvalue weighted by Gasteiger charge is -2.17. The van der Waals surface area contributed by atoms with Crippen LogP contribution in [0.5, 0.6) is 17.6 Å². The number of thiazole rings is 1. The second-order valence-electron chi connectivity index (χ2n) is 29.2. The summed E-state index contributed by atoms with van der Waals surface area (Å²) in [6.45, 7) is 1.89. The summed E-state index contributed by atoms with van der Waals surface area (Å²) in [5.41, 5.74) is 15.9. The molecule has 26 nitrogen and oxygen atoms in total. The Hall–Kier alpha value is -16.2. The number of hydrogen-bond acceptors (Lipinski definition) is 16. The van der Waals surface area contributed by atoms with E-state index in [9.17, 15) is 69.0 Å². The summed E-state index contributed by atoms with van der Waals surface area (Å²) in [5.74, 6) is -4.74. The number of amides is 5. The molecule has 0 bridgehead atoms. The van der Waals surface area contributed by atoms with Gasteiger partial charge in [0.05, 0.1) is 74.0 Å². The maximum absolute atomic E-state index is 13.0. The Kier molecular flexibility index (Phi) is 23.3. The fraction of sp³-hybridized carbons (Fsp3) is 0.104. The Bertz CT molecular complexity index is 6730. The molecule has 11 aromatic carbocycles. The second-order valence-corrected chi connectivity index (χ2v) is 30.2. The smallest absolute Gasteiger partial charge is 0.335 e. The molecule has 0 unspecified atom stereocenters. The maximum atomic E-state index is 13.0. The molecule has 0 atom stereocenters. The van der Waals surface area contributed by atoms with Gasteiger partial charge in [0.15, 0.2) is 17.6 Å². The minimum atomic E-state index is -1.06. The van der Waals surface area contributed by atoms with Gasteiger partial charge in [-0.05, 0) is 145 Å². The molecule has 18 rings (SSSR count). The van der Waals surface area contributed by atoms with E-state index in [4.69, 9.17) is 15.0 Å². The van der Waals surface area contributed by atoms with Crippen LogP contribution in [-0.2, 0) is 56.2 Å². The lowest BCUT2D eigenvalue weighted by Crippen LogP contribution is -2.34. The van der Waals surface area contributed by atoms with Crippen LogP contribution in [0.1, 0.15) is 105 Å². The van der Waals surface area contributed by atoms with Gasteiger partial charge in [0, 0.05) is 110 Å². The van der Waals surface area contributed by atoms with Crippen LogP contribution >= 0.6 is 11.3 Å². The van der Waals surface area contributed by atoms with E-state index < -0.39 is 17.9 Å². The molecular formula is C96H76N12O14S. The van der Waals surface area contributed by atoms with Crippen LogP contribution in [0.25, 0.3) is 32.7 Å². The highest BCUT2D eigenvalue weighted by molar-refractivity contribution is 7.09. The number of anilines is 4. The number of fused-ring (bicyclic) bond motifs is 6. The molecule has 0 radical (unpaired) electrons. The molecule has 0 saturated heterocycles. The summed E-state index contributed by atoms with van der Waals surface area (Å²) in [4.78, 5) is 131. The van der Waals surface area contributed by atoms with Crippen molar-refractivity contribution in [2.45, 2.75) is 45.1 Å². The fourth-order valence-corrected chi connectivity index (χ4v) is 16.0. The summed E-state index contributed by atoms with van der Waals surface area (Å²) in [6.07, 6.45) is 3.42. The first-order chi connectivity index (χ1) is 59.7. The van der Waals surface area contributed by atoms with Crippen LogP contribution in [-0.4, -0.2) is 135 Å². The maximum Gasteiger partial charge on any atom is 0.335 e. The average molecular weight is 1650 g/mol. The zero-order chi connectivity index (χ0) is 85.4. The van der Waals surface area contributed by atoms with Crippen molar-refractivity contribution in [3.63, 3.8) is 0 Å². The van der Waals surface area contributed by atoms with Crippen LogP contribution in [0.2, 0.25) is 0 Å². The lowest BCUT2D eigenvalue weighted by atomic mass is 10.00. The van der Waals surface area contributed by atoms with Gasteiger partial charge < -0.3 is 70.9 Å². The lowest BCUT2D eigenvalue weighted by molar-refractivity contribution is -0.128. The van der Waals surface area contributed by atoms with Gasteiger partial charge in [-0.15, -0.1) is 11.3 Å². The largest absolute Gasteiger partial charge is 0.494 e. The van der Waals surface area contributed by atoms with Gasteiger partial charge in [0.1, 0.15) is 17.8 Å². The van der Waals surface area contributed by atoms with E-state index in [1.807, 2.05) is 187 Å². The number of aromatic nitrogens is 4. The molecule has 0 saturated carbocycles. The summed E-state index contributed by atoms with van der Waals surface area (Å²) >= 11 is 1.47. The number of aliphatic imine (C=N–C) groups is 3. The normalized spacial score (nSPS) is 12.9. The van der Waals surface area contributed by atoms with Gasteiger partial charge in [-0.3, -0.25) is 24.0 Å². The van der Waals surface area contributed by atoms with Crippen LogP contribution in [0.4, 0.5) is 39.8 Å². The number of hydrogen-bond donors (Lipinski definition) is 11. The standard InChI is InChI=1S/C34H28N4O5.C33H26N4O5.C29H22N4O4S/c39-29(35-20-21-7-3-1-4-8-21)19-30(40)38-16-15-23-17-25(12-14-28(23)38)36-32(22-9-5-2-6-10-22)31-26-13-11-24(34(42)43)18-27(26)37-33(31)41;38-28(34-23-9-5-2-6-10-23)19-29(39)37-16-15-21-17-24(12-14-27(21)37)35-31(20-7-3-1-4-8-20)30-25-13-11-22(33(41)42)18-26(25)36-32(30)40;34-25(16-24-30-11-13-38-24)33-12-10-18-14-20(7-9-23(18)33)31-27(17-4-2-1-3-5-17)26-21-8-6-19(29(36)37)15-22(21)32-28(26)35/h1-14,17-18,37,41H,15-16,19-20H2,(H,35,39)(H,42,43);1-14,17-18,36,40H,15-16,19H2,(H,34,38)(H,41,42);1-9,11,13-15,32,35H,10,12,16H2,(H,36,37). The first-order valence-corrected chi connectivity index (χ1v) is 40.1. The van der Waals surface area contributed by atoms with Crippen LogP contribution in [0.3, 0.4) is 0 Å². The second kappa shape index (κ2) is 35.6. The third-order valence-electron chi connectivity index (χ3n) is 21.2. The number of aromatic hydroxyl groups is 3. The highest BCUT2D eigenvalue weighted by Gasteiger charge is 2.32. The highest BCUT2D eigenvalue weighted by atomic mass is 32.1. The van der Waals surface area contributed by atoms with E-state index >= 15 is 0 Å². The third kappa shape index (κ3) is 17.9. The molecule has 0 aliphatic carbocycles. The van der Waals surface area contributed by atoms with Gasteiger partial charge in [0.25, 0.3) is 0 Å². The SMILES string of the molecule is O=C(CC(=O)N1CCc2cc(N=C(c3ccccc3)c3c(O)[nH]c4cc(C(=O)O)ccc34)ccc21)NCc1ccccc1.O=C(CC(=O)N1CCc2cc(N=C(c3ccccc3)c3c(O)[nH]c4cc(C(=O)O)ccc34)ccc21)Nc1ccccc1.O=C(O)c1ccc2c(C(=Nc3ccc4c(c3)CCN4C(=O)Cc3nccs3)c3ccccc3)c(O)[nH]c2c1. The number of nitrogens with one attached hydrogen (secondary N) is 5. The van der Waals surface area contributed by atoms with Crippen molar-refractivity contribution in [2.24, 2.45) is 15.0 Å². The van der Waals surface area contributed by atoms with E-state index in [1.54, 1.807) is 63.4 Å². The molecule has 7 heterocycles. The van der Waals surface area contributed by atoms with Crippen molar-refractivity contribution in [1.82, 2.24) is 25.3 Å². The number of carboxylic acids is 3. The topological polar surface area (TPSA) is 389 Å². The van der Waals surface area contributed by atoms with Gasteiger partial charge in [-0.1, -0.05) is 158 Å². The number of para-hydroxylation sites is 1. The Morgan fingerprint density at radius 2 is 0.740 bits per heavy atom. The first-order valence-electron chi connectivity index (χ1n) is 39.2. The predicted molar refractivity (Wildman–Crippen MR) is 472 cm³/mol. The molecule has 123 heavy (non-hydrogen) atoms. The molecule has 11 N–H and O–H groups in total. The number of aromatic carboxylic acids is 3. The number of carboxylic acid groups (broad SMARTS) is 3. The number of benzene rings is 11. The van der Waals surface area contributed by atoms with E-state index in [1.165, 1.54) is 47.7 Å². The van der Waals surface area contributed by atoms with Crippen LogP contribution in [0.15, 0.2) is 287 Å². The number of carbonyl (C=O) groups is 8. The van der Waals surface area contributed by atoms with Crippen molar-refractivity contribution in [3.8, 4) is 17.6 Å². The number of rotatable bonds is 21. The van der Waals surface area contributed by atoms with Crippen LogP contribution < -0.4 is 25.3 Å². The quantitative estimate of drug-likeness (QED) is 0.0235. The average Bonchev–Trinajstić information content (AvgIpc) is 1.63. The minimum Gasteiger partial charge on any atom is -0.494 e. The van der Waals surface area contributed by atoms with Crippen molar-refractivity contribution < 1.29 is 69.0 Å². The molecule has 0 fully saturated rings. The monoisotopic (exact) mass is 1650 g/mol. The number of nitrogens with zero attached hydrogens (tertiary/aromatic N) is 7. The summed E-state index contributed by atoms with van der Waals surface area (Å²) in [6, 6.07) is 77.7. The highest BCUT2D eigenvalue weighted by Crippen LogP contribution is 2.41. The molecular weight excluding hydrogens is 1580 g/mol. The first kappa shape index (κ1) is 80.6. The number of H-pyrrole nitrogens is 3. The van der Waals surface area contributed by atoms with E-state index in [0.717, 1.165) is 67.4 Å². The van der Waals surface area contributed by atoms with Crippen molar-refractivity contribution >= 4 is 148 Å². The molecule has 3 aliphatic rings. The Morgan fingerprint density at radius 1 is 0.390 bits per heavy atom. The molecule has 3 aliphatic heterocycles. The molecule has 5 amide bonds. The van der Waals surface area contributed by atoms with Crippen molar-refractivity contribution in [2.75, 3.05) is 39.7 Å². The molecule has 610 valence electrons. The number of aromatic amines is 3. The Morgan fingerprint density at radius 3 is 1.10 bits per heavy atom. The Labute approximate surface area is 705 Å². The zero-order valence-electron chi connectivity index (χ0n) is 65.5. The molecule has 27 heteroatoms. The summed E-state index contributed by atoms with van der Waals surface area (Å²) in [5, 5.41) is 71.1. The van der Waals surface area contributed by atoms with Crippen molar-refractivity contribution in [1.29, 1.82) is 0 Å². The van der Waals surface area contributed by atoms with E-state index in [0.29, 0.717) is 128 Å². The molecule has 4 aromatic heterocycles. The van der Waals surface area contributed by atoms with E-state index in [-0.39, 0.29) is 83.1 Å². The van der Waals surface area contributed by atoms with Gasteiger partial charge in [-0.25, -0.2) is 34.3 Å². The third-order valence-corrected chi connectivity index (χ3v) is 22.0. The summed E-state index contributed by atoms with van der Waals surface area (Å²) < 4.78 is 0. The van der Waals surface area contributed by atoms with Crippen LogP contribution in [0, 0.1) is 0 Å². The predicted octanol–water partition coefficient (Wildman–Crippen LogP) is 16.3. The zero-order valence-corrected chi connectivity index (χ0v) is 66.4. The Balaban J connectivity index is 0.000000137. The van der Waals surface area contributed by atoms with Gasteiger partial charge >= 0.3 is 17.9 Å². The fourth-order valence-electron chi connectivity index (χ4n) is 15.4. The number of carbonyl (C=O) groups excluding carboxylic acids is 5. The van der Waals surface area contributed by atoms with E-state index in [2.05, 4.69) is 30.6 Å². The van der Waals surface area contributed by atoms with Crippen molar-refractivity contribution in [3.05, 3.63) is 350 Å². The van der Waals surface area contributed by atoms with Gasteiger partial charge in [-0.2, -0.15) is 0 Å². The molecule has 15 aromatic rings. The minimum absolute atomic E-state index is 0.0179.